The van der Waals surface area contributed by atoms with Crippen LogP contribution in [0.2, 0.25) is 0 Å². The van der Waals surface area contributed by atoms with E-state index < -0.39 is 24.0 Å². The second-order valence-electron chi connectivity index (χ2n) is 4.92. The topological polar surface area (TPSA) is 108 Å². The summed E-state index contributed by atoms with van der Waals surface area (Å²) in [5, 5.41) is 3.42. The maximum atomic E-state index is 14.3. The number of carbonyl (C=O) groups is 2. The zero-order chi connectivity index (χ0) is 16.4. The summed E-state index contributed by atoms with van der Waals surface area (Å²) in [6.07, 6.45) is -1.26. The molecule has 2 aliphatic heterocycles. The van der Waals surface area contributed by atoms with Gasteiger partial charge in [-0.15, -0.1) is 0 Å². The fourth-order valence-corrected chi connectivity index (χ4v) is 2.52. The van der Waals surface area contributed by atoms with Crippen molar-refractivity contribution in [3.05, 3.63) is 34.5 Å². The molecule has 2 saturated heterocycles. The van der Waals surface area contributed by atoms with Crippen molar-refractivity contribution >= 4 is 23.6 Å². The van der Waals surface area contributed by atoms with Crippen molar-refractivity contribution in [3.8, 4) is 0 Å². The number of ether oxygens (including phenoxy) is 2. The molecule has 0 saturated carbocycles. The lowest BCUT2D eigenvalue weighted by molar-refractivity contribution is 0.178. The number of hydrogen-bond donors (Lipinski definition) is 0. The van der Waals surface area contributed by atoms with Gasteiger partial charge in [-0.1, -0.05) is 5.11 Å². The van der Waals surface area contributed by atoms with E-state index in [-0.39, 0.29) is 37.7 Å². The molecule has 0 N–H and O–H groups in total. The van der Waals surface area contributed by atoms with Crippen LogP contribution in [0.3, 0.4) is 0 Å². The molecular formula is C13H12FN5O4. The summed E-state index contributed by atoms with van der Waals surface area (Å²) in [5.41, 5.74) is 8.72. The molecule has 0 radical (unpaired) electrons. The van der Waals surface area contributed by atoms with Crippen LogP contribution >= 0.6 is 0 Å². The summed E-state index contributed by atoms with van der Waals surface area (Å²) in [6, 6.07) is 3.53. The largest absolute Gasteiger partial charge is 0.447 e. The molecule has 2 heterocycles. The lowest BCUT2D eigenvalue weighted by Crippen LogP contribution is -2.35. The minimum atomic E-state index is -0.663. The summed E-state index contributed by atoms with van der Waals surface area (Å²) in [6.45, 7) is 0.539. The number of amides is 2. The van der Waals surface area contributed by atoms with E-state index in [0.29, 0.717) is 0 Å². The Morgan fingerprint density at radius 2 is 2.17 bits per heavy atom. The molecular weight excluding hydrogens is 309 g/mol. The number of hydrogen-bond acceptors (Lipinski definition) is 5. The second kappa shape index (κ2) is 6.01. The van der Waals surface area contributed by atoms with E-state index in [0.717, 1.165) is 6.07 Å². The van der Waals surface area contributed by atoms with Crippen LogP contribution in [-0.2, 0) is 9.47 Å². The SMILES string of the molecule is [N-]=[N+]=NC[C@@H]1COC(=O)N1c1ccc(N2CCOC2=O)c(F)c1. The van der Waals surface area contributed by atoms with Crippen molar-refractivity contribution in [3.63, 3.8) is 0 Å². The van der Waals surface area contributed by atoms with Crippen molar-refractivity contribution < 1.29 is 23.5 Å². The molecule has 3 rings (SSSR count). The van der Waals surface area contributed by atoms with Gasteiger partial charge in [0, 0.05) is 4.91 Å². The Bertz CT molecular complexity index is 706. The fraction of sp³-hybridized carbons (Fsp3) is 0.385. The highest BCUT2D eigenvalue weighted by atomic mass is 19.1. The average molecular weight is 321 g/mol. The third-order valence-corrected chi connectivity index (χ3v) is 3.58. The smallest absolute Gasteiger partial charge is 0.414 e. The van der Waals surface area contributed by atoms with Crippen LogP contribution in [0.5, 0.6) is 0 Å². The number of halogens is 1. The summed E-state index contributed by atoms with van der Waals surface area (Å²) in [7, 11) is 0. The van der Waals surface area contributed by atoms with Gasteiger partial charge in [-0.3, -0.25) is 9.80 Å². The Balaban J connectivity index is 1.88. The number of benzene rings is 1. The predicted octanol–water partition coefficient (Wildman–Crippen LogP) is 2.42. The molecule has 2 fully saturated rings. The summed E-state index contributed by atoms with van der Waals surface area (Å²) in [4.78, 5) is 28.4. The zero-order valence-corrected chi connectivity index (χ0v) is 11.9. The number of carbonyl (C=O) groups excluding carboxylic acids is 2. The number of cyclic esters (lactones) is 2. The van der Waals surface area contributed by atoms with Gasteiger partial charge >= 0.3 is 12.2 Å². The van der Waals surface area contributed by atoms with Gasteiger partial charge in [-0.2, -0.15) is 0 Å². The van der Waals surface area contributed by atoms with Crippen molar-refractivity contribution in [1.82, 2.24) is 0 Å². The van der Waals surface area contributed by atoms with Crippen LogP contribution in [0.4, 0.5) is 25.4 Å². The minimum absolute atomic E-state index is 0.0179. The third-order valence-electron chi connectivity index (χ3n) is 3.58. The van der Waals surface area contributed by atoms with E-state index in [1.807, 2.05) is 0 Å². The Hall–Kier alpha value is -3.00. The van der Waals surface area contributed by atoms with Gasteiger partial charge in [0.1, 0.15) is 19.0 Å². The van der Waals surface area contributed by atoms with Crippen LogP contribution in [0.15, 0.2) is 23.3 Å². The molecule has 1 aromatic rings. The fourth-order valence-electron chi connectivity index (χ4n) is 2.52. The Morgan fingerprint density at radius 3 is 2.83 bits per heavy atom. The summed E-state index contributed by atoms with van der Waals surface area (Å²) >= 11 is 0. The van der Waals surface area contributed by atoms with E-state index in [2.05, 4.69) is 10.0 Å². The molecule has 1 atom stereocenters. The molecule has 9 nitrogen and oxygen atoms in total. The molecule has 0 bridgehead atoms. The summed E-state index contributed by atoms with van der Waals surface area (Å²) < 4.78 is 24.0. The average Bonchev–Trinajstić information content (AvgIpc) is 3.11. The van der Waals surface area contributed by atoms with Gasteiger partial charge in [0.15, 0.2) is 0 Å². The maximum Gasteiger partial charge on any atom is 0.414 e. The minimum Gasteiger partial charge on any atom is -0.447 e. The normalized spacial score (nSPS) is 20.3. The van der Waals surface area contributed by atoms with Gasteiger partial charge in [0.2, 0.25) is 0 Å². The van der Waals surface area contributed by atoms with Crippen LogP contribution in [0.1, 0.15) is 0 Å². The quantitative estimate of drug-likeness (QED) is 0.482. The lowest BCUT2D eigenvalue weighted by atomic mass is 10.2. The lowest BCUT2D eigenvalue weighted by Gasteiger charge is -2.21. The van der Waals surface area contributed by atoms with Crippen LogP contribution in [0, 0.1) is 5.82 Å². The van der Waals surface area contributed by atoms with E-state index in [9.17, 15) is 14.0 Å². The number of azide groups is 1. The first-order chi connectivity index (χ1) is 11.1. The monoisotopic (exact) mass is 321 g/mol. The zero-order valence-electron chi connectivity index (χ0n) is 11.9. The number of nitrogens with zero attached hydrogens (tertiary/aromatic N) is 5. The maximum absolute atomic E-state index is 14.3. The highest BCUT2D eigenvalue weighted by Crippen LogP contribution is 2.30. The molecule has 2 aliphatic rings. The Morgan fingerprint density at radius 1 is 1.35 bits per heavy atom. The van der Waals surface area contributed by atoms with Crippen molar-refractivity contribution in [2.75, 3.05) is 36.1 Å². The first kappa shape index (κ1) is 14.9. The third kappa shape index (κ3) is 2.71. The van der Waals surface area contributed by atoms with Crippen LogP contribution < -0.4 is 9.80 Å². The van der Waals surface area contributed by atoms with E-state index in [1.54, 1.807) is 0 Å². The second-order valence-corrected chi connectivity index (χ2v) is 4.92. The molecule has 0 aliphatic carbocycles. The van der Waals surface area contributed by atoms with Crippen LogP contribution in [0.25, 0.3) is 10.4 Å². The van der Waals surface area contributed by atoms with Gasteiger partial charge in [0.25, 0.3) is 0 Å². The summed E-state index contributed by atoms with van der Waals surface area (Å²) in [5.74, 6) is -0.663. The predicted molar refractivity (Wildman–Crippen MR) is 76.7 cm³/mol. The van der Waals surface area contributed by atoms with Crippen molar-refractivity contribution in [1.29, 1.82) is 0 Å². The van der Waals surface area contributed by atoms with Gasteiger partial charge < -0.3 is 9.47 Å². The first-order valence-electron chi connectivity index (χ1n) is 6.82. The van der Waals surface area contributed by atoms with Crippen molar-refractivity contribution in [2.45, 2.75) is 6.04 Å². The first-order valence-corrected chi connectivity index (χ1v) is 6.82. The standard InChI is InChI=1S/C13H12FN5O4/c14-10-5-8(1-2-11(10)18-3-4-22-12(18)20)19-9(6-16-17-15)7-23-13(19)21/h1-2,5,9H,3-4,6-7H2/t9-/m1/s1. The Labute approximate surface area is 129 Å². The number of rotatable bonds is 4. The van der Waals surface area contributed by atoms with E-state index in [1.165, 1.54) is 21.9 Å². The molecule has 1 aromatic carbocycles. The highest BCUT2D eigenvalue weighted by molar-refractivity contribution is 5.92. The van der Waals surface area contributed by atoms with Crippen LogP contribution in [-0.4, -0.2) is 44.5 Å². The molecule has 10 heteroatoms. The van der Waals surface area contributed by atoms with Gasteiger partial charge in [-0.25, -0.2) is 14.0 Å². The van der Waals surface area contributed by atoms with Crippen molar-refractivity contribution in [2.24, 2.45) is 5.11 Å². The molecule has 0 aromatic heterocycles. The molecule has 120 valence electrons. The van der Waals surface area contributed by atoms with E-state index >= 15 is 0 Å². The molecule has 0 unspecified atom stereocenters. The van der Waals surface area contributed by atoms with E-state index in [4.69, 9.17) is 15.0 Å². The van der Waals surface area contributed by atoms with Gasteiger partial charge in [0.05, 0.1) is 30.5 Å². The highest BCUT2D eigenvalue weighted by Gasteiger charge is 2.34. The Kier molecular flexibility index (Phi) is 3.90. The molecule has 2 amide bonds. The number of anilines is 2. The molecule has 0 spiro atoms. The van der Waals surface area contributed by atoms with Gasteiger partial charge in [-0.05, 0) is 23.7 Å². The molecule has 23 heavy (non-hydrogen) atoms.